The summed E-state index contributed by atoms with van der Waals surface area (Å²) in [6.45, 7) is 6.85. The Labute approximate surface area is 131 Å². The van der Waals surface area contributed by atoms with Crippen molar-refractivity contribution in [3.05, 3.63) is 29.8 Å². The van der Waals surface area contributed by atoms with E-state index in [1.165, 1.54) is 62.6 Å². The fourth-order valence-electron chi connectivity index (χ4n) is 2.51. The van der Waals surface area contributed by atoms with Crippen LogP contribution in [0.25, 0.3) is 0 Å². The van der Waals surface area contributed by atoms with E-state index < -0.39 is 0 Å². The fraction of sp³-hybridized carbons (Fsp3) is 0.684. The van der Waals surface area contributed by atoms with Crippen molar-refractivity contribution in [1.82, 2.24) is 0 Å². The van der Waals surface area contributed by atoms with Crippen LogP contribution in [0.3, 0.4) is 0 Å². The minimum absolute atomic E-state index is 0.705. The first-order valence-corrected chi connectivity index (χ1v) is 8.78. The summed E-state index contributed by atoms with van der Waals surface area (Å²) in [4.78, 5) is 0. The molecule has 0 amide bonds. The Balaban J connectivity index is 2.09. The first-order chi connectivity index (χ1) is 10.4. The molecule has 1 aromatic rings. The molecule has 0 heterocycles. The van der Waals surface area contributed by atoms with Crippen LogP contribution in [0, 0.1) is 0 Å². The first kappa shape index (κ1) is 18.0. The van der Waals surface area contributed by atoms with Gasteiger partial charge in [-0.2, -0.15) is 0 Å². The normalized spacial score (nSPS) is 10.8. The smallest absolute Gasteiger partial charge is 0.0736 e. The number of hydrogen-bond acceptors (Lipinski definition) is 2. The topological polar surface area (TPSA) is 21.3 Å². The van der Waals surface area contributed by atoms with E-state index >= 15 is 0 Å². The third-order valence-corrected chi connectivity index (χ3v) is 3.82. The van der Waals surface area contributed by atoms with Gasteiger partial charge in [0.05, 0.1) is 6.61 Å². The number of para-hydroxylation sites is 1. The van der Waals surface area contributed by atoms with Gasteiger partial charge in [0.1, 0.15) is 0 Å². The van der Waals surface area contributed by atoms with Crippen molar-refractivity contribution in [3.63, 3.8) is 0 Å². The quantitative estimate of drug-likeness (QED) is 0.465. The summed E-state index contributed by atoms with van der Waals surface area (Å²) < 4.78 is 5.51. The predicted octanol–water partition coefficient (Wildman–Crippen LogP) is 5.78. The van der Waals surface area contributed by atoms with Gasteiger partial charge in [0.15, 0.2) is 0 Å². The van der Waals surface area contributed by atoms with Crippen LogP contribution in [-0.2, 0) is 11.3 Å². The Morgan fingerprint density at radius 1 is 0.857 bits per heavy atom. The minimum Gasteiger partial charge on any atom is -0.385 e. The standard InChI is InChI=1S/C19H33NO/c1-3-5-6-7-8-9-10-13-16-20-19-15-12-11-14-18(19)17-21-4-2/h11-12,14-15,20H,3-10,13,16-17H2,1-2H3. The van der Waals surface area contributed by atoms with Crippen molar-refractivity contribution in [2.75, 3.05) is 18.5 Å². The third kappa shape index (κ3) is 8.77. The zero-order chi connectivity index (χ0) is 15.2. The van der Waals surface area contributed by atoms with Crippen LogP contribution in [0.4, 0.5) is 5.69 Å². The highest BCUT2D eigenvalue weighted by atomic mass is 16.5. The molecule has 0 aromatic heterocycles. The maximum atomic E-state index is 5.51. The van der Waals surface area contributed by atoms with E-state index in [2.05, 4.69) is 36.5 Å². The van der Waals surface area contributed by atoms with Crippen molar-refractivity contribution >= 4 is 5.69 Å². The second-order valence-corrected chi connectivity index (χ2v) is 5.70. The molecule has 0 saturated heterocycles. The molecule has 2 heteroatoms. The highest BCUT2D eigenvalue weighted by Crippen LogP contribution is 2.16. The molecule has 0 unspecified atom stereocenters. The molecule has 0 fully saturated rings. The Morgan fingerprint density at radius 2 is 1.52 bits per heavy atom. The Hall–Kier alpha value is -1.02. The molecule has 1 N–H and O–H groups in total. The Morgan fingerprint density at radius 3 is 2.24 bits per heavy atom. The van der Waals surface area contributed by atoms with Gasteiger partial charge in [-0.3, -0.25) is 0 Å². The summed E-state index contributed by atoms with van der Waals surface area (Å²) in [6.07, 6.45) is 11.0. The number of hydrogen-bond donors (Lipinski definition) is 1. The number of nitrogens with one attached hydrogen (secondary N) is 1. The molecule has 0 aliphatic rings. The molecule has 120 valence electrons. The van der Waals surface area contributed by atoms with E-state index in [4.69, 9.17) is 4.74 Å². The van der Waals surface area contributed by atoms with Crippen LogP contribution < -0.4 is 5.32 Å². The number of ether oxygens (including phenoxy) is 1. The highest BCUT2D eigenvalue weighted by molar-refractivity contribution is 5.50. The fourth-order valence-corrected chi connectivity index (χ4v) is 2.51. The monoisotopic (exact) mass is 291 g/mol. The van der Waals surface area contributed by atoms with Crippen LogP contribution in [-0.4, -0.2) is 13.2 Å². The first-order valence-electron chi connectivity index (χ1n) is 8.78. The summed E-state index contributed by atoms with van der Waals surface area (Å²) in [5.74, 6) is 0. The van der Waals surface area contributed by atoms with Crippen molar-refractivity contribution in [2.24, 2.45) is 0 Å². The largest absolute Gasteiger partial charge is 0.385 e. The van der Waals surface area contributed by atoms with E-state index in [9.17, 15) is 0 Å². The molecule has 1 aromatic carbocycles. The van der Waals surface area contributed by atoms with Crippen LogP contribution >= 0.6 is 0 Å². The number of anilines is 1. The maximum Gasteiger partial charge on any atom is 0.0736 e. The van der Waals surface area contributed by atoms with Gasteiger partial charge in [-0.25, -0.2) is 0 Å². The van der Waals surface area contributed by atoms with E-state index in [1.807, 2.05) is 6.92 Å². The van der Waals surface area contributed by atoms with E-state index in [-0.39, 0.29) is 0 Å². The molecule has 0 bridgehead atoms. The maximum absolute atomic E-state index is 5.51. The van der Waals surface area contributed by atoms with Gasteiger partial charge >= 0.3 is 0 Å². The van der Waals surface area contributed by atoms with E-state index in [0.717, 1.165) is 13.2 Å². The second kappa shape index (κ2) is 12.7. The van der Waals surface area contributed by atoms with Gasteiger partial charge < -0.3 is 10.1 Å². The lowest BCUT2D eigenvalue weighted by Gasteiger charge is -2.12. The lowest BCUT2D eigenvalue weighted by molar-refractivity contribution is 0.134. The van der Waals surface area contributed by atoms with Crippen molar-refractivity contribution < 1.29 is 4.74 Å². The molecule has 0 aliphatic heterocycles. The molecule has 0 saturated carbocycles. The average molecular weight is 291 g/mol. The van der Waals surface area contributed by atoms with Gasteiger partial charge in [-0.1, -0.05) is 70.1 Å². The average Bonchev–Trinajstić information content (AvgIpc) is 2.52. The number of unbranched alkanes of at least 4 members (excludes halogenated alkanes) is 7. The van der Waals surface area contributed by atoms with Gasteiger partial charge in [0, 0.05) is 24.4 Å². The van der Waals surface area contributed by atoms with Crippen LogP contribution in [0.2, 0.25) is 0 Å². The van der Waals surface area contributed by atoms with Crippen LogP contribution in [0.15, 0.2) is 24.3 Å². The third-order valence-electron chi connectivity index (χ3n) is 3.82. The van der Waals surface area contributed by atoms with Crippen molar-refractivity contribution in [1.29, 1.82) is 0 Å². The van der Waals surface area contributed by atoms with E-state index in [1.54, 1.807) is 0 Å². The lowest BCUT2D eigenvalue weighted by Crippen LogP contribution is -2.05. The zero-order valence-corrected chi connectivity index (χ0v) is 14.0. The van der Waals surface area contributed by atoms with Gasteiger partial charge in [-0.05, 0) is 19.4 Å². The summed E-state index contributed by atoms with van der Waals surface area (Å²) in [5.41, 5.74) is 2.49. The molecular weight excluding hydrogens is 258 g/mol. The lowest BCUT2D eigenvalue weighted by atomic mass is 10.1. The summed E-state index contributed by atoms with van der Waals surface area (Å²) in [7, 11) is 0. The van der Waals surface area contributed by atoms with Gasteiger partial charge in [0.25, 0.3) is 0 Å². The molecule has 0 atom stereocenters. The molecule has 0 aliphatic carbocycles. The summed E-state index contributed by atoms with van der Waals surface area (Å²) in [6, 6.07) is 8.46. The molecule has 21 heavy (non-hydrogen) atoms. The minimum atomic E-state index is 0.705. The van der Waals surface area contributed by atoms with Crippen LogP contribution in [0.5, 0.6) is 0 Å². The number of benzene rings is 1. The molecule has 0 spiro atoms. The molecular formula is C19H33NO. The van der Waals surface area contributed by atoms with Gasteiger partial charge in [-0.15, -0.1) is 0 Å². The molecule has 0 radical (unpaired) electrons. The summed E-state index contributed by atoms with van der Waals surface area (Å²) in [5, 5.41) is 3.55. The van der Waals surface area contributed by atoms with Crippen molar-refractivity contribution in [2.45, 2.75) is 71.8 Å². The number of rotatable bonds is 13. The SMILES string of the molecule is CCCCCCCCCCNc1ccccc1COCC. The molecule has 2 nitrogen and oxygen atoms in total. The molecule has 1 rings (SSSR count). The van der Waals surface area contributed by atoms with Crippen LogP contribution in [0.1, 0.15) is 70.8 Å². The Bertz CT molecular complexity index is 351. The zero-order valence-electron chi connectivity index (χ0n) is 14.0. The van der Waals surface area contributed by atoms with Gasteiger partial charge in [0.2, 0.25) is 0 Å². The predicted molar refractivity (Wildman–Crippen MR) is 92.9 cm³/mol. The summed E-state index contributed by atoms with van der Waals surface area (Å²) >= 11 is 0. The second-order valence-electron chi connectivity index (χ2n) is 5.70. The highest BCUT2D eigenvalue weighted by Gasteiger charge is 2.00. The van der Waals surface area contributed by atoms with Crippen molar-refractivity contribution in [3.8, 4) is 0 Å². The van der Waals surface area contributed by atoms with E-state index in [0.29, 0.717) is 6.61 Å². The Kier molecular flexibility index (Phi) is 10.9.